The number of carbonyl (C=O) groups is 1. The molecule has 2 N–H and O–H groups in total. The van der Waals surface area contributed by atoms with E-state index in [9.17, 15) is 10.0 Å². The lowest BCUT2D eigenvalue weighted by Gasteiger charge is -2.27. The first-order valence-corrected chi connectivity index (χ1v) is 8.78. The summed E-state index contributed by atoms with van der Waals surface area (Å²) in [5, 5.41) is 14.5. The Labute approximate surface area is 151 Å². The molecule has 2 aliphatic heterocycles. The molecule has 0 spiro atoms. The Kier molecular flexibility index (Phi) is 4.25. The first-order chi connectivity index (χ1) is 12.1. The number of amides is 1. The van der Waals surface area contributed by atoms with E-state index in [1.807, 2.05) is 31.2 Å². The maximum Gasteiger partial charge on any atom is 0.238 e. The standard InChI is InChI=1S/C19H20ClN3O2/c1-12-2-4-13(5-3-12)18-17(21-25)19(14-6-8-15(20)9-7-14)23-16(24)10-11-22(18)23/h2-9,17-19,21,25H,10-11H2,1H3/t17-,18+,19+/m0/s1. The Bertz CT molecular complexity index is 778. The molecule has 0 saturated carbocycles. The number of hydroxylamine groups is 1. The zero-order chi connectivity index (χ0) is 17.6. The first-order valence-electron chi connectivity index (χ1n) is 8.40. The predicted octanol–water partition coefficient (Wildman–Crippen LogP) is 3.24. The number of hydrazine groups is 1. The van der Waals surface area contributed by atoms with Gasteiger partial charge in [-0.2, -0.15) is 5.48 Å². The second-order valence-corrected chi connectivity index (χ2v) is 7.09. The fourth-order valence-electron chi connectivity index (χ4n) is 3.97. The molecule has 0 aromatic heterocycles. The summed E-state index contributed by atoms with van der Waals surface area (Å²) in [6, 6.07) is 15.0. The van der Waals surface area contributed by atoms with E-state index in [1.54, 1.807) is 5.01 Å². The van der Waals surface area contributed by atoms with Crippen LogP contribution in [-0.4, -0.2) is 33.7 Å². The molecule has 1 amide bonds. The number of rotatable bonds is 3. The van der Waals surface area contributed by atoms with Gasteiger partial charge in [-0.3, -0.25) is 9.80 Å². The van der Waals surface area contributed by atoms with Crippen molar-refractivity contribution in [3.8, 4) is 0 Å². The molecule has 2 aromatic carbocycles. The molecular formula is C19H20ClN3O2. The maximum absolute atomic E-state index is 12.5. The second-order valence-electron chi connectivity index (χ2n) is 6.66. The summed E-state index contributed by atoms with van der Waals surface area (Å²) in [5.41, 5.74) is 5.68. The summed E-state index contributed by atoms with van der Waals surface area (Å²) in [6.07, 6.45) is 0.491. The van der Waals surface area contributed by atoms with E-state index in [1.165, 1.54) is 5.56 Å². The Balaban J connectivity index is 1.79. The topological polar surface area (TPSA) is 55.8 Å². The van der Waals surface area contributed by atoms with Crippen molar-refractivity contribution in [1.82, 2.24) is 15.5 Å². The molecule has 3 atom stereocenters. The van der Waals surface area contributed by atoms with Gasteiger partial charge in [0.05, 0.1) is 18.1 Å². The van der Waals surface area contributed by atoms with E-state index in [-0.39, 0.29) is 24.0 Å². The van der Waals surface area contributed by atoms with Crippen molar-refractivity contribution in [2.24, 2.45) is 0 Å². The second kappa shape index (κ2) is 6.42. The number of hydrogen-bond acceptors (Lipinski definition) is 4. The number of aryl methyl sites for hydroxylation is 1. The average Bonchev–Trinajstić information content (AvgIpc) is 3.14. The van der Waals surface area contributed by atoms with Crippen molar-refractivity contribution in [1.29, 1.82) is 0 Å². The summed E-state index contributed by atoms with van der Waals surface area (Å²) in [6.45, 7) is 2.70. The Morgan fingerprint density at radius 3 is 2.28 bits per heavy atom. The van der Waals surface area contributed by atoms with E-state index in [4.69, 9.17) is 11.6 Å². The molecular weight excluding hydrogens is 338 g/mol. The lowest BCUT2D eigenvalue weighted by molar-refractivity contribution is -0.138. The Morgan fingerprint density at radius 1 is 1.04 bits per heavy atom. The Morgan fingerprint density at radius 2 is 1.64 bits per heavy atom. The van der Waals surface area contributed by atoms with Gasteiger partial charge in [0, 0.05) is 18.0 Å². The quantitative estimate of drug-likeness (QED) is 0.828. The van der Waals surface area contributed by atoms with Crippen LogP contribution in [0.2, 0.25) is 5.02 Å². The van der Waals surface area contributed by atoms with Crippen molar-refractivity contribution in [2.75, 3.05) is 6.54 Å². The van der Waals surface area contributed by atoms with Gasteiger partial charge in [-0.1, -0.05) is 53.6 Å². The zero-order valence-corrected chi connectivity index (χ0v) is 14.6. The van der Waals surface area contributed by atoms with Crippen molar-refractivity contribution in [2.45, 2.75) is 31.5 Å². The molecule has 0 bridgehead atoms. The highest BCUT2D eigenvalue weighted by Crippen LogP contribution is 2.46. The summed E-state index contributed by atoms with van der Waals surface area (Å²) in [7, 11) is 0. The van der Waals surface area contributed by atoms with E-state index in [0.717, 1.165) is 11.1 Å². The van der Waals surface area contributed by atoms with Crippen molar-refractivity contribution in [3.63, 3.8) is 0 Å². The summed E-state index contributed by atoms with van der Waals surface area (Å²) < 4.78 is 0. The van der Waals surface area contributed by atoms with Crippen LogP contribution >= 0.6 is 11.6 Å². The molecule has 2 aromatic rings. The van der Waals surface area contributed by atoms with Crippen LogP contribution < -0.4 is 5.48 Å². The summed E-state index contributed by atoms with van der Waals surface area (Å²) in [5.74, 6) is 0.0785. The molecule has 5 nitrogen and oxygen atoms in total. The third-order valence-electron chi connectivity index (χ3n) is 5.13. The Hall–Kier alpha value is -1.92. The minimum Gasteiger partial charge on any atom is -0.316 e. The van der Waals surface area contributed by atoms with Crippen LogP contribution in [0.25, 0.3) is 0 Å². The third-order valence-corrected chi connectivity index (χ3v) is 5.38. The van der Waals surface area contributed by atoms with Crippen LogP contribution in [0.15, 0.2) is 48.5 Å². The van der Waals surface area contributed by atoms with Crippen LogP contribution in [0.1, 0.15) is 35.2 Å². The molecule has 2 aliphatic rings. The smallest absolute Gasteiger partial charge is 0.238 e. The predicted molar refractivity (Wildman–Crippen MR) is 95.0 cm³/mol. The van der Waals surface area contributed by atoms with Crippen LogP contribution in [0.3, 0.4) is 0 Å². The summed E-state index contributed by atoms with van der Waals surface area (Å²) >= 11 is 6.01. The molecule has 25 heavy (non-hydrogen) atoms. The number of halogens is 1. The number of hydrogen-bond donors (Lipinski definition) is 2. The summed E-state index contributed by atoms with van der Waals surface area (Å²) in [4.78, 5) is 12.5. The van der Waals surface area contributed by atoms with Gasteiger partial charge in [0.15, 0.2) is 0 Å². The zero-order valence-electron chi connectivity index (χ0n) is 13.9. The van der Waals surface area contributed by atoms with Crippen LogP contribution in [0, 0.1) is 6.92 Å². The van der Waals surface area contributed by atoms with Gasteiger partial charge in [0.25, 0.3) is 0 Å². The van der Waals surface area contributed by atoms with Crippen molar-refractivity contribution in [3.05, 3.63) is 70.2 Å². The first kappa shape index (κ1) is 16.5. The average molecular weight is 358 g/mol. The highest BCUT2D eigenvalue weighted by Gasteiger charge is 2.53. The van der Waals surface area contributed by atoms with Crippen LogP contribution in [0.4, 0.5) is 0 Å². The van der Waals surface area contributed by atoms with Crippen molar-refractivity contribution < 1.29 is 10.0 Å². The molecule has 4 rings (SSSR count). The molecule has 0 radical (unpaired) electrons. The van der Waals surface area contributed by atoms with E-state index < -0.39 is 0 Å². The molecule has 6 heteroatoms. The minimum absolute atomic E-state index is 0.0785. The fourth-order valence-corrected chi connectivity index (χ4v) is 4.09. The molecule has 0 unspecified atom stereocenters. The van der Waals surface area contributed by atoms with Gasteiger partial charge in [-0.15, -0.1) is 0 Å². The minimum atomic E-state index is -0.326. The fraction of sp³-hybridized carbons (Fsp3) is 0.316. The normalized spacial score (nSPS) is 26.3. The van der Waals surface area contributed by atoms with Gasteiger partial charge in [-0.25, -0.2) is 5.01 Å². The number of benzene rings is 2. The highest BCUT2D eigenvalue weighted by molar-refractivity contribution is 6.30. The van der Waals surface area contributed by atoms with Crippen LogP contribution in [-0.2, 0) is 4.79 Å². The SMILES string of the molecule is Cc1ccc([C@@H]2[C@H](NO)[C@@H](c3ccc(Cl)cc3)N3C(=O)CCN23)cc1. The van der Waals surface area contributed by atoms with Gasteiger partial charge in [0.2, 0.25) is 5.91 Å². The van der Waals surface area contributed by atoms with Crippen molar-refractivity contribution >= 4 is 17.5 Å². The van der Waals surface area contributed by atoms with E-state index in [0.29, 0.717) is 18.0 Å². The van der Waals surface area contributed by atoms with E-state index >= 15 is 0 Å². The highest BCUT2D eigenvalue weighted by atomic mass is 35.5. The molecule has 130 valence electrons. The lowest BCUT2D eigenvalue weighted by atomic mass is 9.91. The number of nitrogens with zero attached hydrogens (tertiary/aromatic N) is 2. The van der Waals surface area contributed by atoms with Crippen LogP contribution in [0.5, 0.6) is 0 Å². The number of nitrogens with one attached hydrogen (secondary N) is 1. The molecule has 2 fully saturated rings. The van der Waals surface area contributed by atoms with E-state index in [2.05, 4.69) is 34.8 Å². The third kappa shape index (κ3) is 2.73. The molecule has 2 heterocycles. The van der Waals surface area contributed by atoms with Gasteiger partial charge in [-0.05, 0) is 30.2 Å². The maximum atomic E-state index is 12.5. The molecule has 0 aliphatic carbocycles. The van der Waals surface area contributed by atoms with Gasteiger partial charge >= 0.3 is 0 Å². The number of carbonyl (C=O) groups excluding carboxylic acids is 1. The lowest BCUT2D eigenvalue weighted by Crippen LogP contribution is -2.37. The number of fused-ring (bicyclic) bond motifs is 1. The molecule has 2 saturated heterocycles. The van der Waals surface area contributed by atoms with Gasteiger partial charge < -0.3 is 5.21 Å². The largest absolute Gasteiger partial charge is 0.316 e. The monoisotopic (exact) mass is 357 g/mol. The van der Waals surface area contributed by atoms with Gasteiger partial charge in [0.1, 0.15) is 0 Å².